The summed E-state index contributed by atoms with van der Waals surface area (Å²) in [5.41, 5.74) is 0. The Bertz CT molecular complexity index is 128. The molecular formula is C7H12Cl2O2. The van der Waals surface area contributed by atoms with Crippen molar-refractivity contribution in [1.82, 2.24) is 0 Å². The van der Waals surface area contributed by atoms with Crippen LogP contribution in [0.25, 0.3) is 0 Å². The molecule has 4 heteroatoms. The van der Waals surface area contributed by atoms with E-state index in [0.29, 0.717) is 13.0 Å². The number of carbonyl (C=O) groups excluding carboxylic acids is 1. The Balaban J connectivity index is 3.80. The van der Waals surface area contributed by atoms with Crippen molar-refractivity contribution in [3.63, 3.8) is 0 Å². The van der Waals surface area contributed by atoms with Crippen molar-refractivity contribution < 1.29 is 9.53 Å². The summed E-state index contributed by atoms with van der Waals surface area (Å²) in [6.45, 7) is 3.94. The van der Waals surface area contributed by atoms with Gasteiger partial charge in [0, 0.05) is 0 Å². The number of hydrogen-bond donors (Lipinski definition) is 0. The Morgan fingerprint density at radius 2 is 2.00 bits per heavy atom. The van der Waals surface area contributed by atoms with E-state index in [9.17, 15) is 4.79 Å². The highest BCUT2D eigenvalue weighted by Gasteiger charge is 2.23. The van der Waals surface area contributed by atoms with Crippen LogP contribution in [0.4, 0.5) is 0 Å². The quantitative estimate of drug-likeness (QED) is 0.512. The van der Waals surface area contributed by atoms with E-state index >= 15 is 0 Å². The molecule has 0 bridgehead atoms. The maximum Gasteiger partial charge on any atom is 0.325 e. The molecule has 0 aliphatic heterocycles. The molecule has 0 spiro atoms. The van der Waals surface area contributed by atoms with Crippen molar-refractivity contribution in [3.8, 4) is 0 Å². The third-order valence-corrected chi connectivity index (χ3v) is 2.39. The first-order valence-electron chi connectivity index (χ1n) is 3.58. The summed E-state index contributed by atoms with van der Waals surface area (Å²) >= 11 is 11.4. The van der Waals surface area contributed by atoms with Crippen molar-refractivity contribution >= 4 is 29.2 Å². The molecule has 0 saturated heterocycles. The molecule has 11 heavy (non-hydrogen) atoms. The third-order valence-electron chi connectivity index (χ3n) is 1.22. The largest absolute Gasteiger partial charge is 0.465 e. The molecule has 0 N–H and O–H groups in total. The molecular weight excluding hydrogens is 187 g/mol. The third kappa shape index (κ3) is 3.82. The van der Waals surface area contributed by atoms with Crippen LogP contribution in [0.1, 0.15) is 20.3 Å². The van der Waals surface area contributed by atoms with Crippen molar-refractivity contribution in [1.29, 1.82) is 0 Å². The van der Waals surface area contributed by atoms with E-state index in [1.165, 1.54) is 0 Å². The van der Waals surface area contributed by atoms with Gasteiger partial charge in [0.2, 0.25) is 0 Å². The van der Waals surface area contributed by atoms with Gasteiger partial charge in [-0.15, -0.1) is 23.2 Å². The van der Waals surface area contributed by atoms with Gasteiger partial charge in [0.05, 0.1) is 12.0 Å². The zero-order valence-electron chi connectivity index (χ0n) is 6.64. The fourth-order valence-electron chi connectivity index (χ4n) is 0.576. The normalized spacial score (nSPS) is 15.6. The predicted molar refractivity (Wildman–Crippen MR) is 46.2 cm³/mol. The molecule has 0 heterocycles. The van der Waals surface area contributed by atoms with Crippen LogP contribution in [-0.2, 0) is 9.53 Å². The van der Waals surface area contributed by atoms with E-state index in [0.717, 1.165) is 0 Å². The van der Waals surface area contributed by atoms with Gasteiger partial charge in [-0.05, 0) is 13.3 Å². The fraction of sp³-hybridized carbons (Fsp3) is 0.857. The molecule has 2 atom stereocenters. The number of alkyl halides is 2. The molecule has 2 nitrogen and oxygen atoms in total. The van der Waals surface area contributed by atoms with Crippen molar-refractivity contribution in [2.45, 2.75) is 31.0 Å². The summed E-state index contributed by atoms with van der Waals surface area (Å²) in [7, 11) is 0. The van der Waals surface area contributed by atoms with Crippen molar-refractivity contribution in [2.24, 2.45) is 0 Å². The number of esters is 1. The van der Waals surface area contributed by atoms with Crippen LogP contribution in [-0.4, -0.2) is 23.3 Å². The SMILES string of the molecule is CCOC(=O)C(Cl)C(Cl)CC. The zero-order valence-corrected chi connectivity index (χ0v) is 8.15. The lowest BCUT2D eigenvalue weighted by atomic mass is 10.2. The van der Waals surface area contributed by atoms with Gasteiger partial charge in [0.25, 0.3) is 0 Å². The molecule has 0 aliphatic rings. The monoisotopic (exact) mass is 198 g/mol. The second kappa shape index (κ2) is 5.67. The number of halogens is 2. The molecule has 0 aromatic heterocycles. The second-order valence-electron chi connectivity index (χ2n) is 2.08. The van der Waals surface area contributed by atoms with E-state index in [4.69, 9.17) is 23.2 Å². The predicted octanol–water partition coefficient (Wildman–Crippen LogP) is 2.17. The molecule has 0 rings (SSSR count). The minimum Gasteiger partial charge on any atom is -0.465 e. The standard InChI is InChI=1S/C7H12Cl2O2/c1-3-5(8)6(9)7(10)11-4-2/h5-6H,3-4H2,1-2H3. The molecule has 0 amide bonds. The molecule has 0 fully saturated rings. The highest BCUT2D eigenvalue weighted by atomic mass is 35.5. The van der Waals surface area contributed by atoms with E-state index in [-0.39, 0.29) is 5.38 Å². The van der Waals surface area contributed by atoms with Crippen LogP contribution in [0.5, 0.6) is 0 Å². The van der Waals surface area contributed by atoms with Gasteiger partial charge in [-0.3, -0.25) is 4.79 Å². The smallest absolute Gasteiger partial charge is 0.325 e. The van der Waals surface area contributed by atoms with Gasteiger partial charge in [0.15, 0.2) is 0 Å². The maximum atomic E-state index is 10.9. The Hall–Kier alpha value is 0.0500. The van der Waals surface area contributed by atoms with Gasteiger partial charge in [-0.2, -0.15) is 0 Å². The molecule has 0 aromatic rings. The zero-order chi connectivity index (χ0) is 8.85. The summed E-state index contributed by atoms with van der Waals surface area (Å²) in [4.78, 5) is 10.9. The van der Waals surface area contributed by atoms with E-state index < -0.39 is 11.3 Å². The lowest BCUT2D eigenvalue weighted by Crippen LogP contribution is -2.26. The topological polar surface area (TPSA) is 26.3 Å². The van der Waals surface area contributed by atoms with Crippen LogP contribution in [0.3, 0.4) is 0 Å². The van der Waals surface area contributed by atoms with Crippen LogP contribution < -0.4 is 0 Å². The maximum absolute atomic E-state index is 10.9. The summed E-state index contributed by atoms with van der Waals surface area (Å²) in [6, 6.07) is 0. The van der Waals surface area contributed by atoms with Crippen LogP contribution >= 0.6 is 23.2 Å². The van der Waals surface area contributed by atoms with E-state index in [2.05, 4.69) is 4.74 Å². The van der Waals surface area contributed by atoms with Gasteiger partial charge in [-0.25, -0.2) is 0 Å². The molecule has 0 saturated carbocycles. The summed E-state index contributed by atoms with van der Waals surface area (Å²) < 4.78 is 4.67. The lowest BCUT2D eigenvalue weighted by Gasteiger charge is -2.11. The molecule has 66 valence electrons. The fourth-order valence-corrected chi connectivity index (χ4v) is 0.921. The van der Waals surface area contributed by atoms with E-state index in [1.807, 2.05) is 6.92 Å². The molecule has 2 unspecified atom stereocenters. The highest BCUT2D eigenvalue weighted by Crippen LogP contribution is 2.14. The minimum atomic E-state index is -0.721. The number of rotatable bonds is 4. The van der Waals surface area contributed by atoms with Crippen LogP contribution in [0, 0.1) is 0 Å². The average molecular weight is 199 g/mol. The number of carbonyl (C=O) groups is 1. The summed E-state index contributed by atoms with van der Waals surface area (Å²) in [5, 5.41) is -1.06. The number of ether oxygens (including phenoxy) is 1. The highest BCUT2D eigenvalue weighted by molar-refractivity contribution is 6.36. The first-order chi connectivity index (χ1) is 5.13. The first kappa shape index (κ1) is 11.1. The Labute approximate surface area is 76.8 Å². The number of hydrogen-bond acceptors (Lipinski definition) is 2. The summed E-state index contributed by atoms with van der Waals surface area (Å²) in [6.07, 6.45) is 0.661. The first-order valence-corrected chi connectivity index (χ1v) is 4.45. The van der Waals surface area contributed by atoms with Crippen molar-refractivity contribution in [3.05, 3.63) is 0 Å². The van der Waals surface area contributed by atoms with Crippen LogP contribution in [0.15, 0.2) is 0 Å². The lowest BCUT2D eigenvalue weighted by molar-refractivity contribution is -0.142. The second-order valence-corrected chi connectivity index (χ2v) is 3.11. The Kier molecular flexibility index (Phi) is 5.69. The van der Waals surface area contributed by atoms with Gasteiger partial charge < -0.3 is 4.74 Å². The Morgan fingerprint density at radius 1 is 1.45 bits per heavy atom. The van der Waals surface area contributed by atoms with Gasteiger partial charge in [-0.1, -0.05) is 6.92 Å². The molecule has 0 aliphatic carbocycles. The van der Waals surface area contributed by atoms with Crippen molar-refractivity contribution in [2.75, 3.05) is 6.61 Å². The molecule has 0 aromatic carbocycles. The van der Waals surface area contributed by atoms with E-state index in [1.54, 1.807) is 6.92 Å². The van der Waals surface area contributed by atoms with Gasteiger partial charge >= 0.3 is 5.97 Å². The average Bonchev–Trinajstić information content (AvgIpc) is 2.02. The van der Waals surface area contributed by atoms with Crippen LogP contribution in [0.2, 0.25) is 0 Å². The minimum absolute atomic E-state index is 0.337. The van der Waals surface area contributed by atoms with Gasteiger partial charge in [0.1, 0.15) is 5.38 Å². The molecule has 0 radical (unpaired) electrons. The summed E-state index contributed by atoms with van der Waals surface area (Å²) in [5.74, 6) is -0.434. The Morgan fingerprint density at radius 3 is 2.36 bits per heavy atom.